The smallest absolute Gasteiger partial charge is 0.190 e. The summed E-state index contributed by atoms with van der Waals surface area (Å²) in [5, 5.41) is 76.7. The van der Waals surface area contributed by atoms with Crippen molar-refractivity contribution >= 4 is 0 Å². The summed E-state index contributed by atoms with van der Waals surface area (Å²) in [4.78, 5) is 0. The maximum atomic E-state index is 11.9. The Bertz CT molecular complexity index is 2930. The molecule has 5 saturated heterocycles. The standard InChI is InChI=1S/C66H76O21/c67-31-46-50(69)52(71)54(73)63(80-46)86-57-53(72)51(70)47(32-68)81-64(57)85-55-48(38-74-33-40-19-7-1-8-20-40)82-65(60(77-36-43-25-13-4-14-26-43)58(55)75-34-41-21-9-2-10-22-41)87-66-61(78-37-44-27-15-5-16-28-44)59(76-35-42-23-11-3-12-24-42)56-49(83-66)39-79-62(84-56)45-29-17-6-18-30-45/h1-30,46-73H,31-39H2/t46-,47-,48-,49-,50-,51-,52+,53+,54-,55-,56-,57-,58+,59+,60-,61-,62-,63+,64-,65-,66-/m1/s1. The van der Waals surface area contributed by atoms with Gasteiger partial charge in [-0.2, -0.15) is 0 Å². The van der Waals surface area contributed by atoms with Crippen LogP contribution in [0.2, 0.25) is 0 Å². The van der Waals surface area contributed by atoms with Crippen LogP contribution in [0.15, 0.2) is 182 Å². The molecular formula is C66H76O21. The van der Waals surface area contributed by atoms with Gasteiger partial charge in [0.2, 0.25) is 0 Å². The van der Waals surface area contributed by atoms with E-state index >= 15 is 0 Å². The van der Waals surface area contributed by atoms with Gasteiger partial charge in [-0.3, -0.25) is 0 Å². The van der Waals surface area contributed by atoms with Crippen LogP contribution in [0, 0.1) is 0 Å². The first kappa shape index (κ1) is 63.1. The Morgan fingerprint density at radius 2 is 0.747 bits per heavy atom. The summed E-state index contributed by atoms with van der Waals surface area (Å²) in [6.07, 6.45) is -29.5. The third-order valence-corrected chi connectivity index (χ3v) is 16.0. The lowest BCUT2D eigenvalue weighted by atomic mass is 9.95. The van der Waals surface area contributed by atoms with Crippen LogP contribution >= 0.6 is 0 Å². The molecule has 5 fully saturated rings. The van der Waals surface area contributed by atoms with Crippen LogP contribution in [-0.2, 0) is 99.4 Å². The van der Waals surface area contributed by atoms with Crippen LogP contribution in [0.25, 0.3) is 0 Å². The number of hydrogen-bond donors (Lipinski definition) is 7. The highest BCUT2D eigenvalue weighted by atomic mass is 16.8. The molecule has 5 aliphatic heterocycles. The van der Waals surface area contributed by atoms with Gasteiger partial charge < -0.3 is 102 Å². The highest BCUT2D eigenvalue weighted by Crippen LogP contribution is 2.41. The van der Waals surface area contributed by atoms with E-state index in [1.165, 1.54) is 0 Å². The molecule has 0 unspecified atom stereocenters. The van der Waals surface area contributed by atoms with Gasteiger partial charge >= 0.3 is 0 Å². The summed E-state index contributed by atoms with van der Waals surface area (Å²) in [6, 6.07) is 57.2. The topological polar surface area (TPSA) is 271 Å². The number of aliphatic hydroxyl groups excluding tert-OH is 7. The van der Waals surface area contributed by atoms with Gasteiger partial charge in [0.25, 0.3) is 0 Å². The van der Waals surface area contributed by atoms with E-state index in [0.717, 1.165) is 33.4 Å². The minimum atomic E-state index is -1.94. The van der Waals surface area contributed by atoms with Crippen molar-refractivity contribution in [2.45, 2.75) is 162 Å². The molecule has 21 nitrogen and oxygen atoms in total. The quantitative estimate of drug-likeness (QED) is 0.0425. The molecule has 6 aromatic carbocycles. The van der Waals surface area contributed by atoms with Crippen molar-refractivity contribution in [3.8, 4) is 0 Å². The van der Waals surface area contributed by atoms with Crippen LogP contribution < -0.4 is 0 Å². The monoisotopic (exact) mass is 1200 g/mol. The van der Waals surface area contributed by atoms with E-state index in [4.69, 9.17) is 66.3 Å². The third kappa shape index (κ3) is 15.7. The summed E-state index contributed by atoms with van der Waals surface area (Å²) in [7, 11) is 0. The van der Waals surface area contributed by atoms with Gasteiger partial charge in [-0.25, -0.2) is 0 Å². The van der Waals surface area contributed by atoms with E-state index in [1.807, 2.05) is 182 Å². The minimum Gasteiger partial charge on any atom is -0.394 e. The van der Waals surface area contributed by atoms with Gasteiger partial charge in [0.15, 0.2) is 31.5 Å². The van der Waals surface area contributed by atoms with Crippen molar-refractivity contribution in [3.63, 3.8) is 0 Å². The Morgan fingerprint density at radius 3 is 1.26 bits per heavy atom. The maximum Gasteiger partial charge on any atom is 0.190 e. The molecule has 0 aromatic heterocycles. The second kappa shape index (κ2) is 30.8. The predicted octanol–water partition coefficient (Wildman–Crippen LogP) is 4.13. The van der Waals surface area contributed by atoms with E-state index in [9.17, 15) is 35.7 Å². The molecule has 11 rings (SSSR count). The van der Waals surface area contributed by atoms with Crippen molar-refractivity contribution < 1.29 is 102 Å². The van der Waals surface area contributed by atoms with Gasteiger partial charge in [0.05, 0.1) is 59.5 Å². The van der Waals surface area contributed by atoms with Crippen molar-refractivity contribution in [2.75, 3.05) is 26.4 Å². The molecule has 21 atom stereocenters. The molecule has 5 aliphatic rings. The van der Waals surface area contributed by atoms with Crippen LogP contribution in [0.5, 0.6) is 0 Å². The second-order valence-corrected chi connectivity index (χ2v) is 22.0. The average Bonchev–Trinajstić information content (AvgIpc) is 0.994. The van der Waals surface area contributed by atoms with E-state index in [0.29, 0.717) is 0 Å². The second-order valence-electron chi connectivity index (χ2n) is 22.0. The first-order valence-corrected chi connectivity index (χ1v) is 29.4. The molecule has 7 N–H and O–H groups in total. The Labute approximate surface area is 504 Å². The van der Waals surface area contributed by atoms with Gasteiger partial charge in [-0.15, -0.1) is 0 Å². The van der Waals surface area contributed by atoms with Gasteiger partial charge in [0, 0.05) is 5.56 Å². The summed E-state index contributed by atoms with van der Waals surface area (Å²) < 4.78 is 94.5. The summed E-state index contributed by atoms with van der Waals surface area (Å²) in [5.41, 5.74) is 4.93. The molecule has 466 valence electrons. The Morgan fingerprint density at radius 1 is 0.345 bits per heavy atom. The number of hydrogen-bond acceptors (Lipinski definition) is 21. The summed E-state index contributed by atoms with van der Waals surface area (Å²) in [5.74, 6) is 0. The normalized spacial score (nSPS) is 34.4. The van der Waals surface area contributed by atoms with Gasteiger partial charge in [-0.1, -0.05) is 182 Å². The van der Waals surface area contributed by atoms with Crippen LogP contribution in [-0.4, -0.2) is 185 Å². The lowest BCUT2D eigenvalue weighted by molar-refractivity contribution is -0.420. The zero-order valence-electron chi connectivity index (χ0n) is 47.7. The molecule has 0 aliphatic carbocycles. The molecule has 87 heavy (non-hydrogen) atoms. The maximum absolute atomic E-state index is 11.9. The Hall–Kier alpha value is -5.52. The van der Waals surface area contributed by atoms with Crippen molar-refractivity contribution in [3.05, 3.63) is 215 Å². The molecule has 0 amide bonds. The number of aliphatic hydroxyl groups is 7. The Kier molecular flexibility index (Phi) is 22.3. The lowest BCUT2D eigenvalue weighted by Crippen LogP contribution is -2.68. The van der Waals surface area contributed by atoms with Crippen LogP contribution in [0.1, 0.15) is 39.7 Å². The fourth-order valence-electron chi connectivity index (χ4n) is 11.3. The number of ether oxygens (including phenoxy) is 14. The van der Waals surface area contributed by atoms with E-state index in [2.05, 4.69) is 0 Å². The molecule has 21 heteroatoms. The van der Waals surface area contributed by atoms with Crippen molar-refractivity contribution in [2.24, 2.45) is 0 Å². The number of benzene rings is 6. The number of fused-ring (bicyclic) bond motifs is 1. The van der Waals surface area contributed by atoms with Crippen LogP contribution in [0.3, 0.4) is 0 Å². The minimum absolute atomic E-state index is 0.0163. The van der Waals surface area contributed by atoms with Crippen LogP contribution in [0.4, 0.5) is 0 Å². The molecule has 0 radical (unpaired) electrons. The van der Waals surface area contributed by atoms with E-state index in [-0.39, 0.29) is 46.2 Å². The first-order chi connectivity index (χ1) is 42.6. The Balaban J connectivity index is 0.991. The fraction of sp³-hybridized carbons (Fsp3) is 0.455. The van der Waals surface area contributed by atoms with Gasteiger partial charge in [-0.05, 0) is 27.8 Å². The van der Waals surface area contributed by atoms with Crippen molar-refractivity contribution in [1.29, 1.82) is 0 Å². The molecule has 0 bridgehead atoms. The summed E-state index contributed by atoms with van der Waals surface area (Å²) in [6.45, 7) is -1.40. The highest BCUT2D eigenvalue weighted by Gasteiger charge is 2.58. The molecule has 5 heterocycles. The predicted molar refractivity (Wildman–Crippen MR) is 306 cm³/mol. The zero-order valence-corrected chi connectivity index (χ0v) is 47.7. The van der Waals surface area contributed by atoms with Crippen molar-refractivity contribution in [1.82, 2.24) is 0 Å². The third-order valence-electron chi connectivity index (χ3n) is 16.0. The fourth-order valence-corrected chi connectivity index (χ4v) is 11.3. The largest absolute Gasteiger partial charge is 0.394 e. The summed E-state index contributed by atoms with van der Waals surface area (Å²) >= 11 is 0. The SMILES string of the molecule is OC[C@H]1O[C@@H](O[C@H]2[C@@H](O[C@H]3[C@H](OCc4ccccc4)[C@@H](OCc4ccccc4)[C@@H](O[C@H]4O[C@@H]5CO[C@@H](c6ccccc6)O[C@H]5[C@H](OCc5ccccc5)[C@H]4OCc4ccccc4)O[C@@H]3COCc3ccccc3)O[C@H](CO)[C@@H](O)[C@@H]2O)[C@H](O)[C@@H](O)[C@@H]1O. The highest BCUT2D eigenvalue weighted by molar-refractivity contribution is 5.19. The molecular weight excluding hydrogens is 1130 g/mol. The average molecular weight is 1210 g/mol. The molecule has 6 aromatic rings. The molecule has 0 saturated carbocycles. The first-order valence-electron chi connectivity index (χ1n) is 29.4. The van der Waals surface area contributed by atoms with E-state index in [1.54, 1.807) is 0 Å². The zero-order chi connectivity index (χ0) is 60.1. The number of rotatable bonds is 25. The molecule has 0 spiro atoms. The lowest BCUT2D eigenvalue weighted by Gasteiger charge is -2.52. The van der Waals surface area contributed by atoms with E-state index < -0.39 is 142 Å². The van der Waals surface area contributed by atoms with Gasteiger partial charge in [0.1, 0.15) is 97.7 Å².